The van der Waals surface area contributed by atoms with Crippen LogP contribution < -0.4 is 0 Å². The van der Waals surface area contributed by atoms with Crippen molar-refractivity contribution in [1.82, 2.24) is 0 Å². The summed E-state index contributed by atoms with van der Waals surface area (Å²) in [6.45, 7) is 0. The molecule has 18 heavy (non-hydrogen) atoms. The van der Waals surface area contributed by atoms with Crippen LogP contribution in [0.4, 0.5) is 0 Å². The summed E-state index contributed by atoms with van der Waals surface area (Å²) >= 11 is 13.6. The third-order valence-electron chi connectivity index (χ3n) is 3.19. The molecule has 5 heteroatoms. The van der Waals surface area contributed by atoms with Crippen LogP contribution in [0.25, 0.3) is 0 Å². The molecule has 2 atom stereocenters. The Bertz CT molecular complexity index is 451. The van der Waals surface area contributed by atoms with Crippen LogP contribution in [0, 0.1) is 5.92 Å². The molecule has 1 aromatic rings. The highest BCUT2D eigenvalue weighted by molar-refractivity contribution is 8.00. The van der Waals surface area contributed by atoms with Gasteiger partial charge in [0.15, 0.2) is 0 Å². The number of halogens is 2. The van der Waals surface area contributed by atoms with Crippen LogP contribution in [0.1, 0.15) is 25.7 Å². The van der Waals surface area contributed by atoms with Crippen molar-refractivity contribution in [2.45, 2.75) is 35.8 Å². The number of benzene rings is 1. The normalized spacial score (nSPS) is 23.9. The van der Waals surface area contributed by atoms with E-state index in [-0.39, 0.29) is 11.2 Å². The van der Waals surface area contributed by atoms with E-state index in [0.29, 0.717) is 10.0 Å². The molecule has 1 aromatic carbocycles. The summed E-state index contributed by atoms with van der Waals surface area (Å²) in [5, 5.41) is 10.6. The number of carbonyl (C=O) groups is 1. The SMILES string of the molecule is O=C(O)C1CCCCC1Sc1cc(Cl)ccc1Cl. The van der Waals surface area contributed by atoms with E-state index in [9.17, 15) is 9.90 Å². The fourth-order valence-corrected chi connectivity index (χ4v) is 4.14. The minimum Gasteiger partial charge on any atom is -0.481 e. The maximum Gasteiger partial charge on any atom is 0.307 e. The van der Waals surface area contributed by atoms with Crippen LogP contribution in [-0.4, -0.2) is 16.3 Å². The Morgan fingerprint density at radius 1 is 1.28 bits per heavy atom. The van der Waals surface area contributed by atoms with Gasteiger partial charge in [0.2, 0.25) is 0 Å². The third kappa shape index (κ3) is 3.34. The van der Waals surface area contributed by atoms with Crippen molar-refractivity contribution in [3.05, 3.63) is 28.2 Å². The van der Waals surface area contributed by atoms with Crippen LogP contribution in [0.2, 0.25) is 10.0 Å². The zero-order valence-electron chi connectivity index (χ0n) is 9.73. The van der Waals surface area contributed by atoms with Gasteiger partial charge in [0.05, 0.1) is 10.9 Å². The molecule has 0 saturated heterocycles. The number of hydrogen-bond acceptors (Lipinski definition) is 2. The zero-order chi connectivity index (χ0) is 13.1. The van der Waals surface area contributed by atoms with Crippen molar-refractivity contribution in [2.24, 2.45) is 5.92 Å². The molecule has 98 valence electrons. The Labute approximate surface area is 121 Å². The van der Waals surface area contributed by atoms with Gasteiger partial charge in [-0.15, -0.1) is 11.8 Å². The Morgan fingerprint density at radius 3 is 2.72 bits per heavy atom. The van der Waals surface area contributed by atoms with Crippen LogP contribution in [0.5, 0.6) is 0 Å². The van der Waals surface area contributed by atoms with Crippen molar-refractivity contribution in [1.29, 1.82) is 0 Å². The summed E-state index contributed by atoms with van der Waals surface area (Å²) in [6, 6.07) is 5.30. The summed E-state index contributed by atoms with van der Waals surface area (Å²) in [5.41, 5.74) is 0. The minimum absolute atomic E-state index is 0.0900. The van der Waals surface area contributed by atoms with E-state index >= 15 is 0 Å². The average Bonchev–Trinajstić information content (AvgIpc) is 2.34. The number of carboxylic acid groups (broad SMARTS) is 1. The quantitative estimate of drug-likeness (QED) is 0.877. The van der Waals surface area contributed by atoms with Crippen molar-refractivity contribution >= 4 is 40.9 Å². The molecule has 1 saturated carbocycles. The Morgan fingerprint density at radius 2 is 2.00 bits per heavy atom. The number of hydrogen-bond donors (Lipinski definition) is 1. The van der Waals surface area contributed by atoms with Gasteiger partial charge in [0.25, 0.3) is 0 Å². The van der Waals surface area contributed by atoms with Gasteiger partial charge in [-0.25, -0.2) is 0 Å². The van der Waals surface area contributed by atoms with Gasteiger partial charge in [-0.05, 0) is 31.0 Å². The van der Waals surface area contributed by atoms with Gasteiger partial charge >= 0.3 is 5.97 Å². The first-order valence-corrected chi connectivity index (χ1v) is 7.56. The Balaban J connectivity index is 2.15. The van der Waals surface area contributed by atoms with Crippen molar-refractivity contribution < 1.29 is 9.90 Å². The molecule has 2 rings (SSSR count). The van der Waals surface area contributed by atoms with E-state index in [1.165, 1.54) is 0 Å². The van der Waals surface area contributed by atoms with E-state index in [1.54, 1.807) is 23.9 Å². The van der Waals surface area contributed by atoms with Crippen LogP contribution in [-0.2, 0) is 4.79 Å². The van der Waals surface area contributed by atoms with Gasteiger partial charge in [0, 0.05) is 15.2 Å². The van der Waals surface area contributed by atoms with Gasteiger partial charge < -0.3 is 5.11 Å². The molecule has 1 fully saturated rings. The van der Waals surface area contributed by atoms with Gasteiger partial charge in [-0.3, -0.25) is 4.79 Å². The van der Waals surface area contributed by atoms with E-state index in [0.717, 1.165) is 30.6 Å². The van der Waals surface area contributed by atoms with Gasteiger partial charge in [-0.2, -0.15) is 0 Å². The smallest absolute Gasteiger partial charge is 0.307 e. The lowest BCUT2D eigenvalue weighted by Crippen LogP contribution is -2.29. The predicted octanol–water partition coefficient (Wildman–Crippen LogP) is 4.73. The summed E-state index contributed by atoms with van der Waals surface area (Å²) in [4.78, 5) is 12.1. The topological polar surface area (TPSA) is 37.3 Å². The van der Waals surface area contributed by atoms with Gasteiger partial charge in [-0.1, -0.05) is 36.0 Å². The second-order valence-corrected chi connectivity index (χ2v) is 6.58. The van der Waals surface area contributed by atoms with Crippen LogP contribution >= 0.6 is 35.0 Å². The number of thioether (sulfide) groups is 1. The molecule has 0 radical (unpaired) electrons. The fraction of sp³-hybridized carbons (Fsp3) is 0.462. The molecule has 1 N–H and O–H groups in total. The van der Waals surface area contributed by atoms with E-state index < -0.39 is 5.97 Å². The maximum atomic E-state index is 11.2. The van der Waals surface area contributed by atoms with E-state index in [4.69, 9.17) is 23.2 Å². The van der Waals surface area contributed by atoms with Crippen molar-refractivity contribution in [3.8, 4) is 0 Å². The van der Waals surface area contributed by atoms with Gasteiger partial charge in [0.1, 0.15) is 0 Å². The number of aliphatic carboxylic acids is 1. The number of rotatable bonds is 3. The largest absolute Gasteiger partial charge is 0.481 e. The predicted molar refractivity (Wildman–Crippen MR) is 75.7 cm³/mol. The fourth-order valence-electron chi connectivity index (χ4n) is 2.25. The first-order chi connectivity index (χ1) is 8.58. The lowest BCUT2D eigenvalue weighted by molar-refractivity contribution is -0.142. The average molecular weight is 305 g/mol. The monoisotopic (exact) mass is 304 g/mol. The molecule has 0 heterocycles. The van der Waals surface area contributed by atoms with Crippen LogP contribution in [0.15, 0.2) is 23.1 Å². The molecular weight excluding hydrogens is 291 g/mol. The lowest BCUT2D eigenvalue weighted by atomic mass is 9.89. The standard InChI is InChI=1S/C13H14Cl2O2S/c14-8-5-6-10(15)12(7-8)18-11-4-2-1-3-9(11)13(16)17/h5-7,9,11H,1-4H2,(H,16,17). The van der Waals surface area contributed by atoms with E-state index in [2.05, 4.69) is 0 Å². The first-order valence-electron chi connectivity index (χ1n) is 5.92. The molecule has 2 nitrogen and oxygen atoms in total. The molecule has 1 aliphatic carbocycles. The molecule has 0 aromatic heterocycles. The summed E-state index contributed by atoms with van der Waals surface area (Å²) in [7, 11) is 0. The summed E-state index contributed by atoms with van der Waals surface area (Å²) in [5.74, 6) is -0.982. The molecule has 0 aliphatic heterocycles. The summed E-state index contributed by atoms with van der Waals surface area (Å²) < 4.78 is 0. The second kappa shape index (κ2) is 6.18. The first kappa shape index (κ1) is 14.0. The van der Waals surface area contributed by atoms with Crippen molar-refractivity contribution in [3.63, 3.8) is 0 Å². The lowest BCUT2D eigenvalue weighted by Gasteiger charge is -2.28. The Kier molecular flexibility index (Phi) is 4.82. The Hall–Kier alpha value is -0.380. The highest BCUT2D eigenvalue weighted by atomic mass is 35.5. The minimum atomic E-state index is -0.703. The molecule has 0 amide bonds. The molecule has 0 bridgehead atoms. The summed E-state index contributed by atoms with van der Waals surface area (Å²) in [6.07, 6.45) is 3.76. The van der Waals surface area contributed by atoms with E-state index in [1.807, 2.05) is 6.07 Å². The highest BCUT2D eigenvalue weighted by Gasteiger charge is 2.31. The molecule has 0 spiro atoms. The molecule has 1 aliphatic rings. The molecule has 2 unspecified atom stereocenters. The zero-order valence-corrected chi connectivity index (χ0v) is 12.1. The van der Waals surface area contributed by atoms with Crippen molar-refractivity contribution in [2.75, 3.05) is 0 Å². The molecular formula is C13H14Cl2O2S. The third-order valence-corrected chi connectivity index (χ3v) is 5.33. The maximum absolute atomic E-state index is 11.2. The van der Waals surface area contributed by atoms with Crippen LogP contribution in [0.3, 0.4) is 0 Å². The second-order valence-electron chi connectivity index (χ2n) is 4.46. The highest BCUT2D eigenvalue weighted by Crippen LogP contribution is 2.40. The number of carboxylic acids is 1.